The van der Waals surface area contributed by atoms with Gasteiger partial charge in [-0.3, -0.25) is 10.2 Å². The lowest BCUT2D eigenvalue weighted by molar-refractivity contribution is -0.143. The van der Waals surface area contributed by atoms with Crippen LogP contribution in [-0.2, 0) is 4.79 Å². The van der Waals surface area contributed by atoms with E-state index in [1.807, 2.05) is 23.3 Å². The van der Waals surface area contributed by atoms with Gasteiger partial charge < -0.3 is 15.1 Å². The third-order valence-electron chi connectivity index (χ3n) is 5.37. The van der Waals surface area contributed by atoms with E-state index in [2.05, 4.69) is 36.5 Å². The molecule has 1 fully saturated rings. The van der Waals surface area contributed by atoms with Crippen LogP contribution in [0.5, 0.6) is 5.75 Å². The molecule has 1 aliphatic rings. The molecule has 0 saturated carbocycles. The first-order valence-corrected chi connectivity index (χ1v) is 10.8. The summed E-state index contributed by atoms with van der Waals surface area (Å²) >= 11 is 6.87. The van der Waals surface area contributed by atoms with Gasteiger partial charge in [0.15, 0.2) is 5.11 Å². The summed E-state index contributed by atoms with van der Waals surface area (Å²) in [6, 6.07) is 6.14. The monoisotopic (exact) mass is 431 g/mol. The van der Waals surface area contributed by atoms with Crippen LogP contribution in [0.2, 0.25) is 0 Å². The van der Waals surface area contributed by atoms with E-state index in [0.717, 1.165) is 10.4 Å². The molecule has 0 aliphatic carbocycles. The fraction of sp³-hybridized carbons (Fsp3) is 0.381. The van der Waals surface area contributed by atoms with Crippen molar-refractivity contribution in [1.82, 2.24) is 10.3 Å². The number of carbonyl (C=O) groups is 1. The molecule has 0 amide bonds. The summed E-state index contributed by atoms with van der Waals surface area (Å²) in [6.07, 6.45) is 1.15. The number of hydrazone groups is 1. The fourth-order valence-electron chi connectivity index (χ4n) is 3.29. The van der Waals surface area contributed by atoms with Gasteiger partial charge in [0.25, 0.3) is 0 Å². The first kappa shape index (κ1) is 21.3. The van der Waals surface area contributed by atoms with Crippen molar-refractivity contribution in [2.75, 3.05) is 13.1 Å². The molecule has 0 atom stereocenters. The van der Waals surface area contributed by atoms with Gasteiger partial charge in [0, 0.05) is 18.5 Å². The zero-order valence-corrected chi connectivity index (χ0v) is 18.4. The molecule has 1 saturated heterocycles. The second-order valence-corrected chi connectivity index (χ2v) is 8.61. The molecular formula is C21H25N3O3S2. The summed E-state index contributed by atoms with van der Waals surface area (Å²) in [5.41, 5.74) is 7.57. The van der Waals surface area contributed by atoms with E-state index in [1.54, 1.807) is 0 Å². The van der Waals surface area contributed by atoms with Crippen LogP contribution in [0.3, 0.4) is 0 Å². The highest BCUT2D eigenvalue weighted by Crippen LogP contribution is 2.39. The van der Waals surface area contributed by atoms with E-state index in [9.17, 15) is 9.90 Å². The number of aromatic hydroxyl groups is 1. The van der Waals surface area contributed by atoms with Gasteiger partial charge >= 0.3 is 5.97 Å². The third-order valence-corrected chi connectivity index (χ3v) is 6.74. The SMILES string of the molecule is C/C(=N/NC(=S)N1CCC(C(=O)O)CC1)c1csc(-c2ccc(C)c(C)c2)c1O. The Morgan fingerprint density at radius 1 is 1.28 bits per heavy atom. The van der Waals surface area contributed by atoms with Crippen LogP contribution in [-0.4, -0.2) is 45.0 Å². The molecule has 1 aromatic carbocycles. The molecule has 2 aromatic rings. The van der Waals surface area contributed by atoms with Crippen LogP contribution in [0.1, 0.15) is 36.5 Å². The number of thiophene rings is 1. The average molecular weight is 432 g/mol. The summed E-state index contributed by atoms with van der Waals surface area (Å²) in [6.45, 7) is 7.13. The van der Waals surface area contributed by atoms with Crippen molar-refractivity contribution in [3.8, 4) is 16.2 Å². The lowest BCUT2D eigenvalue weighted by Crippen LogP contribution is -2.44. The molecule has 0 radical (unpaired) electrons. The predicted molar refractivity (Wildman–Crippen MR) is 121 cm³/mol. The number of carboxylic acids is 1. The number of hydrogen-bond donors (Lipinski definition) is 3. The molecule has 2 heterocycles. The van der Waals surface area contributed by atoms with E-state index in [0.29, 0.717) is 42.3 Å². The number of thiocarbonyl (C=S) groups is 1. The number of nitrogens with one attached hydrogen (secondary N) is 1. The lowest BCUT2D eigenvalue weighted by Gasteiger charge is -2.31. The molecule has 0 spiro atoms. The second kappa shape index (κ2) is 8.92. The number of nitrogens with zero attached hydrogens (tertiary/aromatic N) is 2. The Balaban J connectivity index is 1.67. The normalized spacial score (nSPS) is 15.4. The first-order chi connectivity index (χ1) is 13.8. The van der Waals surface area contributed by atoms with Crippen molar-refractivity contribution >= 4 is 40.3 Å². The molecule has 154 valence electrons. The minimum Gasteiger partial charge on any atom is -0.506 e. The highest BCUT2D eigenvalue weighted by Gasteiger charge is 2.25. The van der Waals surface area contributed by atoms with Gasteiger partial charge in [-0.25, -0.2) is 0 Å². The van der Waals surface area contributed by atoms with Crippen LogP contribution in [0.4, 0.5) is 0 Å². The van der Waals surface area contributed by atoms with Gasteiger partial charge in [-0.05, 0) is 62.5 Å². The third kappa shape index (κ3) is 4.76. The highest BCUT2D eigenvalue weighted by molar-refractivity contribution is 7.80. The number of aliphatic carboxylic acids is 1. The van der Waals surface area contributed by atoms with Gasteiger partial charge in [-0.2, -0.15) is 5.10 Å². The fourth-order valence-corrected chi connectivity index (χ4v) is 4.52. The zero-order valence-electron chi connectivity index (χ0n) is 16.7. The van der Waals surface area contributed by atoms with Crippen LogP contribution in [0, 0.1) is 19.8 Å². The van der Waals surface area contributed by atoms with Crippen molar-refractivity contribution in [2.45, 2.75) is 33.6 Å². The summed E-state index contributed by atoms with van der Waals surface area (Å²) < 4.78 is 0. The number of piperidine rings is 1. The van der Waals surface area contributed by atoms with E-state index in [1.165, 1.54) is 22.5 Å². The summed E-state index contributed by atoms with van der Waals surface area (Å²) in [7, 11) is 0. The standard InChI is InChI=1S/C21H25N3O3S2/c1-12-4-5-16(10-13(12)2)19-18(25)17(11-29-19)14(3)22-23-21(28)24-8-6-15(7-9-24)20(26)27/h4-5,10-11,15,25H,6-9H2,1-3H3,(H,23,28)(H,26,27)/b22-14-. The second-order valence-electron chi connectivity index (χ2n) is 7.34. The number of benzene rings is 1. The maximum absolute atomic E-state index is 11.1. The lowest BCUT2D eigenvalue weighted by atomic mass is 9.97. The Bertz CT molecular complexity index is 960. The number of likely N-dealkylation sites (tertiary alicyclic amines) is 1. The van der Waals surface area contributed by atoms with Gasteiger partial charge in [-0.15, -0.1) is 11.3 Å². The van der Waals surface area contributed by atoms with Crippen LogP contribution < -0.4 is 5.43 Å². The Hall–Kier alpha value is -2.45. The van der Waals surface area contributed by atoms with Crippen LogP contribution in [0.15, 0.2) is 28.7 Å². The summed E-state index contributed by atoms with van der Waals surface area (Å²) in [5, 5.41) is 26.5. The number of hydrogen-bond acceptors (Lipinski definition) is 5. The topological polar surface area (TPSA) is 85.2 Å². The quantitative estimate of drug-likeness (QED) is 0.383. The van der Waals surface area contributed by atoms with Crippen molar-refractivity contribution in [3.63, 3.8) is 0 Å². The Kier molecular flexibility index (Phi) is 6.54. The van der Waals surface area contributed by atoms with Crippen molar-refractivity contribution < 1.29 is 15.0 Å². The zero-order chi connectivity index (χ0) is 21.1. The van der Waals surface area contributed by atoms with Gasteiger partial charge in [0.05, 0.1) is 22.1 Å². The maximum Gasteiger partial charge on any atom is 0.306 e. The molecule has 3 rings (SSSR count). The van der Waals surface area contributed by atoms with E-state index >= 15 is 0 Å². The Labute approximate surface area is 179 Å². The molecule has 29 heavy (non-hydrogen) atoms. The van der Waals surface area contributed by atoms with Crippen molar-refractivity contribution in [2.24, 2.45) is 11.0 Å². The molecule has 1 aromatic heterocycles. The predicted octanol–water partition coefficient (Wildman–Crippen LogP) is 4.13. The smallest absolute Gasteiger partial charge is 0.306 e. The number of rotatable bonds is 4. The minimum atomic E-state index is -0.745. The first-order valence-electron chi connectivity index (χ1n) is 9.48. The molecule has 8 heteroatoms. The Morgan fingerprint density at radius 3 is 2.59 bits per heavy atom. The van der Waals surface area contributed by atoms with Crippen molar-refractivity contribution in [1.29, 1.82) is 0 Å². The minimum absolute atomic E-state index is 0.217. The van der Waals surface area contributed by atoms with Crippen molar-refractivity contribution in [3.05, 3.63) is 40.3 Å². The van der Waals surface area contributed by atoms with Gasteiger partial charge in [0.1, 0.15) is 5.75 Å². The average Bonchev–Trinajstić information content (AvgIpc) is 3.09. The summed E-state index contributed by atoms with van der Waals surface area (Å²) in [4.78, 5) is 13.8. The molecular weight excluding hydrogens is 406 g/mol. The van der Waals surface area contributed by atoms with E-state index in [-0.39, 0.29) is 11.7 Å². The Morgan fingerprint density at radius 2 is 1.97 bits per heavy atom. The number of aryl methyl sites for hydroxylation is 2. The van der Waals surface area contributed by atoms with E-state index < -0.39 is 5.97 Å². The maximum atomic E-state index is 11.1. The number of carboxylic acid groups (broad SMARTS) is 1. The molecule has 6 nitrogen and oxygen atoms in total. The van der Waals surface area contributed by atoms with Gasteiger partial charge in [0.2, 0.25) is 0 Å². The van der Waals surface area contributed by atoms with Crippen LogP contribution >= 0.6 is 23.6 Å². The van der Waals surface area contributed by atoms with Gasteiger partial charge in [-0.1, -0.05) is 18.2 Å². The largest absolute Gasteiger partial charge is 0.506 e. The molecule has 0 bridgehead atoms. The molecule has 0 unspecified atom stereocenters. The molecule has 1 aliphatic heterocycles. The van der Waals surface area contributed by atoms with E-state index in [4.69, 9.17) is 17.3 Å². The summed E-state index contributed by atoms with van der Waals surface area (Å²) in [5.74, 6) is -0.828. The van der Waals surface area contributed by atoms with Crippen LogP contribution in [0.25, 0.3) is 10.4 Å². The molecule has 3 N–H and O–H groups in total. The highest BCUT2D eigenvalue weighted by atomic mass is 32.1.